The molecule has 0 unspecified atom stereocenters. The summed E-state index contributed by atoms with van der Waals surface area (Å²) in [6.07, 6.45) is 1.47. The molecule has 0 aromatic rings. The summed E-state index contributed by atoms with van der Waals surface area (Å²) in [7, 11) is 0. The molecule has 2 atom stereocenters. The summed E-state index contributed by atoms with van der Waals surface area (Å²) < 4.78 is 0. The van der Waals surface area contributed by atoms with Gasteiger partial charge in [-0.05, 0) is 12.3 Å². The largest absolute Gasteiger partial charge is 0.481 e. The van der Waals surface area contributed by atoms with E-state index in [1.807, 2.05) is 6.92 Å². The van der Waals surface area contributed by atoms with Gasteiger partial charge in [-0.25, -0.2) is 0 Å². The fourth-order valence-electron chi connectivity index (χ4n) is 1.57. The Hall–Kier alpha value is -0.860. The lowest BCUT2D eigenvalue weighted by Crippen LogP contribution is -2.14. The molecule has 0 aromatic carbocycles. The van der Waals surface area contributed by atoms with Crippen LogP contribution in [0.2, 0.25) is 0 Å². The van der Waals surface area contributed by atoms with Crippen molar-refractivity contribution in [2.24, 2.45) is 11.8 Å². The molecule has 1 aliphatic carbocycles. The van der Waals surface area contributed by atoms with Gasteiger partial charge in [0.15, 0.2) is 0 Å². The van der Waals surface area contributed by atoms with E-state index < -0.39 is 5.97 Å². The minimum atomic E-state index is -0.795. The van der Waals surface area contributed by atoms with Crippen molar-refractivity contribution in [3.63, 3.8) is 0 Å². The lowest BCUT2D eigenvalue weighted by atomic mass is 9.94. The molecule has 0 radical (unpaired) electrons. The molecule has 11 heavy (non-hydrogen) atoms. The van der Waals surface area contributed by atoms with Crippen LogP contribution in [0.5, 0.6) is 0 Å². The number of Topliss-reactive ketones (excluding diaryl/α,β-unsaturated/α-hetero) is 1. The first-order chi connectivity index (χ1) is 5.11. The van der Waals surface area contributed by atoms with Crippen molar-refractivity contribution in [1.29, 1.82) is 0 Å². The number of hydrogen-bond acceptors (Lipinski definition) is 2. The molecule has 0 aromatic heterocycles. The molecule has 0 bridgehead atoms. The van der Waals surface area contributed by atoms with Gasteiger partial charge in [-0.15, -0.1) is 0 Å². The van der Waals surface area contributed by atoms with Crippen LogP contribution in [0.1, 0.15) is 26.2 Å². The van der Waals surface area contributed by atoms with Crippen molar-refractivity contribution >= 4 is 11.8 Å². The van der Waals surface area contributed by atoms with Gasteiger partial charge in [-0.1, -0.05) is 6.92 Å². The molecule has 1 N–H and O–H groups in total. The van der Waals surface area contributed by atoms with Crippen LogP contribution in [0, 0.1) is 11.8 Å². The van der Waals surface area contributed by atoms with E-state index >= 15 is 0 Å². The Kier molecular flexibility index (Phi) is 2.27. The lowest BCUT2D eigenvalue weighted by molar-refractivity contribution is -0.138. The Morgan fingerprint density at radius 2 is 2.36 bits per heavy atom. The molecule has 1 aliphatic rings. The van der Waals surface area contributed by atoms with Crippen molar-refractivity contribution in [1.82, 2.24) is 0 Å². The predicted octanol–water partition coefficient (Wildman–Crippen LogP) is 1.08. The Bertz CT molecular complexity index is 186. The molecule has 0 spiro atoms. The molecular weight excluding hydrogens is 144 g/mol. The van der Waals surface area contributed by atoms with Crippen molar-refractivity contribution in [3.8, 4) is 0 Å². The second-order valence-electron chi connectivity index (χ2n) is 3.15. The van der Waals surface area contributed by atoms with Gasteiger partial charge in [0.2, 0.25) is 0 Å². The fourth-order valence-corrected chi connectivity index (χ4v) is 1.57. The molecule has 62 valence electrons. The minimum Gasteiger partial charge on any atom is -0.481 e. The first kappa shape index (κ1) is 8.24. The average Bonchev–Trinajstić information content (AvgIpc) is 2.18. The van der Waals surface area contributed by atoms with Crippen molar-refractivity contribution in [2.45, 2.75) is 26.2 Å². The summed E-state index contributed by atoms with van der Waals surface area (Å²) in [4.78, 5) is 21.3. The summed E-state index contributed by atoms with van der Waals surface area (Å²) in [5.41, 5.74) is 0. The zero-order valence-corrected chi connectivity index (χ0v) is 6.54. The number of aliphatic carboxylic acids is 1. The summed E-state index contributed by atoms with van der Waals surface area (Å²) in [5, 5.41) is 8.47. The number of carboxylic acids is 1. The van der Waals surface area contributed by atoms with Crippen LogP contribution in [0.4, 0.5) is 0 Å². The highest BCUT2D eigenvalue weighted by Gasteiger charge is 2.31. The van der Waals surface area contributed by atoms with E-state index in [4.69, 9.17) is 5.11 Å². The maximum absolute atomic E-state index is 11.0. The minimum absolute atomic E-state index is 0.0360. The third-order valence-corrected chi connectivity index (χ3v) is 2.41. The SMILES string of the molecule is C[C@@H]1C(=O)CC[C@H]1CC(=O)O. The predicted molar refractivity (Wildman–Crippen MR) is 39.1 cm³/mol. The Balaban J connectivity index is 2.48. The molecule has 1 rings (SSSR count). The molecule has 3 nitrogen and oxygen atoms in total. The van der Waals surface area contributed by atoms with E-state index in [9.17, 15) is 9.59 Å². The van der Waals surface area contributed by atoms with E-state index in [0.717, 1.165) is 6.42 Å². The van der Waals surface area contributed by atoms with Gasteiger partial charge in [0.25, 0.3) is 0 Å². The summed E-state index contributed by atoms with van der Waals surface area (Å²) in [5.74, 6) is -0.529. The van der Waals surface area contributed by atoms with Crippen LogP contribution in [-0.2, 0) is 9.59 Å². The highest BCUT2D eigenvalue weighted by Crippen LogP contribution is 2.30. The molecule has 3 heteroatoms. The average molecular weight is 156 g/mol. The number of carbonyl (C=O) groups excluding carboxylic acids is 1. The van der Waals surface area contributed by atoms with E-state index in [0.29, 0.717) is 6.42 Å². The first-order valence-electron chi connectivity index (χ1n) is 3.85. The second kappa shape index (κ2) is 3.03. The smallest absolute Gasteiger partial charge is 0.303 e. The van der Waals surface area contributed by atoms with E-state index in [1.54, 1.807) is 0 Å². The monoisotopic (exact) mass is 156 g/mol. The fraction of sp³-hybridized carbons (Fsp3) is 0.750. The maximum Gasteiger partial charge on any atom is 0.303 e. The zero-order chi connectivity index (χ0) is 8.43. The van der Waals surface area contributed by atoms with Crippen LogP contribution in [-0.4, -0.2) is 16.9 Å². The van der Waals surface area contributed by atoms with E-state index in [-0.39, 0.29) is 24.0 Å². The highest BCUT2D eigenvalue weighted by atomic mass is 16.4. The van der Waals surface area contributed by atoms with Crippen LogP contribution in [0.15, 0.2) is 0 Å². The topological polar surface area (TPSA) is 54.4 Å². The number of hydrogen-bond donors (Lipinski definition) is 1. The maximum atomic E-state index is 11.0. The molecular formula is C8H12O3. The molecule has 0 amide bonds. The van der Waals surface area contributed by atoms with Gasteiger partial charge in [0, 0.05) is 18.8 Å². The van der Waals surface area contributed by atoms with Crippen LogP contribution in [0.3, 0.4) is 0 Å². The van der Waals surface area contributed by atoms with Gasteiger partial charge in [-0.3, -0.25) is 9.59 Å². The lowest BCUT2D eigenvalue weighted by Gasteiger charge is -2.09. The van der Waals surface area contributed by atoms with Gasteiger partial charge < -0.3 is 5.11 Å². The first-order valence-corrected chi connectivity index (χ1v) is 3.85. The molecule has 0 aliphatic heterocycles. The molecule has 0 heterocycles. The summed E-state index contributed by atoms with van der Waals surface area (Å²) >= 11 is 0. The molecule has 1 saturated carbocycles. The number of rotatable bonds is 2. The van der Waals surface area contributed by atoms with Gasteiger partial charge >= 0.3 is 5.97 Å². The van der Waals surface area contributed by atoms with Crippen LogP contribution >= 0.6 is 0 Å². The zero-order valence-electron chi connectivity index (χ0n) is 6.54. The molecule has 1 fully saturated rings. The highest BCUT2D eigenvalue weighted by molar-refractivity contribution is 5.83. The quantitative estimate of drug-likeness (QED) is 0.650. The Morgan fingerprint density at radius 3 is 2.73 bits per heavy atom. The molecule has 0 saturated heterocycles. The summed E-state index contributed by atoms with van der Waals surface area (Å²) in [6, 6.07) is 0. The normalized spacial score (nSPS) is 30.8. The van der Waals surface area contributed by atoms with Gasteiger partial charge in [0.05, 0.1) is 0 Å². The number of carboxylic acid groups (broad SMARTS) is 1. The van der Waals surface area contributed by atoms with Crippen LogP contribution < -0.4 is 0 Å². The number of ketones is 1. The van der Waals surface area contributed by atoms with Gasteiger partial charge in [0.1, 0.15) is 5.78 Å². The Labute approximate surface area is 65.4 Å². The van der Waals surface area contributed by atoms with E-state index in [2.05, 4.69) is 0 Å². The number of carbonyl (C=O) groups is 2. The van der Waals surface area contributed by atoms with Crippen molar-refractivity contribution < 1.29 is 14.7 Å². The van der Waals surface area contributed by atoms with Crippen molar-refractivity contribution in [2.75, 3.05) is 0 Å². The standard InChI is InChI=1S/C8H12O3/c1-5-6(4-8(10)11)2-3-7(5)9/h5-6H,2-4H2,1H3,(H,10,11)/t5-,6-/m0/s1. The van der Waals surface area contributed by atoms with E-state index in [1.165, 1.54) is 0 Å². The summed E-state index contributed by atoms with van der Waals surface area (Å²) in [6.45, 7) is 1.82. The second-order valence-corrected chi connectivity index (χ2v) is 3.15. The van der Waals surface area contributed by atoms with Gasteiger partial charge in [-0.2, -0.15) is 0 Å². The van der Waals surface area contributed by atoms with Crippen molar-refractivity contribution in [3.05, 3.63) is 0 Å². The Morgan fingerprint density at radius 1 is 1.73 bits per heavy atom. The third-order valence-electron chi connectivity index (χ3n) is 2.41. The third kappa shape index (κ3) is 1.79. The van der Waals surface area contributed by atoms with Crippen LogP contribution in [0.25, 0.3) is 0 Å².